The van der Waals surface area contributed by atoms with Crippen LogP contribution in [-0.2, 0) is 23.8 Å². The van der Waals surface area contributed by atoms with Crippen molar-refractivity contribution in [2.45, 2.75) is 97.6 Å². The standard InChI is InChI=1S/C29H42O5/c1-16-12-25(31)29(32-15-16)17(2)26-24(34-29)14-22-19-13-23(33-18(3)30)21-8-6-7-10-27(21,4)20(19)9-11-28(22,26)5/h6-7,16-17,19-24,26H,8-15H2,1-5H3/t16-,17-,19+,20-,21+,22-,23+,24-,26-,27+,28-,29-/m0/s1. The summed E-state index contributed by atoms with van der Waals surface area (Å²) in [6.07, 6.45) is 11.8. The number of allylic oxidation sites excluding steroid dienone is 2. The minimum atomic E-state index is -1.02. The summed E-state index contributed by atoms with van der Waals surface area (Å²) in [5.74, 6) is 1.83. The first-order valence-corrected chi connectivity index (χ1v) is 13.8. The highest BCUT2D eigenvalue weighted by atomic mass is 16.7. The first-order valence-electron chi connectivity index (χ1n) is 13.8. The maximum atomic E-state index is 13.2. The van der Waals surface area contributed by atoms with Gasteiger partial charge in [0.15, 0.2) is 5.78 Å². The highest BCUT2D eigenvalue weighted by Crippen LogP contribution is 2.71. The fourth-order valence-corrected chi connectivity index (χ4v) is 10.2. The van der Waals surface area contributed by atoms with E-state index >= 15 is 0 Å². The molecule has 6 rings (SSSR count). The largest absolute Gasteiger partial charge is 0.462 e. The molecular formula is C29H42O5. The number of carbonyl (C=O) groups excluding carboxylic acids is 2. The third kappa shape index (κ3) is 2.98. The quantitative estimate of drug-likeness (QED) is 0.383. The fourth-order valence-electron chi connectivity index (χ4n) is 10.2. The van der Waals surface area contributed by atoms with Crippen LogP contribution in [0.4, 0.5) is 0 Å². The van der Waals surface area contributed by atoms with Crippen LogP contribution in [0.15, 0.2) is 12.2 Å². The Bertz CT molecular complexity index is 912. The minimum absolute atomic E-state index is 0.00548. The van der Waals surface area contributed by atoms with Gasteiger partial charge in [-0.1, -0.05) is 39.8 Å². The maximum Gasteiger partial charge on any atom is 0.302 e. The van der Waals surface area contributed by atoms with Gasteiger partial charge in [0.05, 0.1) is 12.7 Å². The number of hydrogen-bond donors (Lipinski definition) is 0. The molecule has 6 aliphatic rings. The first-order chi connectivity index (χ1) is 16.1. The van der Waals surface area contributed by atoms with E-state index in [4.69, 9.17) is 14.2 Å². The van der Waals surface area contributed by atoms with Crippen molar-refractivity contribution >= 4 is 11.8 Å². The third-order valence-electron chi connectivity index (χ3n) is 11.6. The Kier molecular flexibility index (Phi) is 5.22. The van der Waals surface area contributed by atoms with E-state index in [-0.39, 0.29) is 46.6 Å². The van der Waals surface area contributed by atoms with Crippen molar-refractivity contribution in [1.82, 2.24) is 0 Å². The number of hydrogen-bond acceptors (Lipinski definition) is 5. The van der Waals surface area contributed by atoms with Crippen molar-refractivity contribution in [2.24, 2.45) is 52.3 Å². The molecule has 34 heavy (non-hydrogen) atoms. The molecule has 0 radical (unpaired) electrons. The highest BCUT2D eigenvalue weighted by molar-refractivity contribution is 5.87. The summed E-state index contributed by atoms with van der Waals surface area (Å²) in [6, 6.07) is 0. The summed E-state index contributed by atoms with van der Waals surface area (Å²) in [7, 11) is 0. The van der Waals surface area contributed by atoms with Crippen LogP contribution < -0.4 is 0 Å². The lowest BCUT2D eigenvalue weighted by Crippen LogP contribution is -2.58. The lowest BCUT2D eigenvalue weighted by molar-refractivity contribution is -0.252. The molecule has 1 spiro atoms. The number of rotatable bonds is 1. The zero-order chi connectivity index (χ0) is 24.0. The molecule has 188 valence electrons. The van der Waals surface area contributed by atoms with Gasteiger partial charge in [0.25, 0.3) is 0 Å². The van der Waals surface area contributed by atoms with Crippen molar-refractivity contribution in [3.63, 3.8) is 0 Å². The molecule has 0 aromatic rings. The molecular weight excluding hydrogens is 428 g/mol. The second kappa shape index (κ2) is 7.65. The molecule has 5 fully saturated rings. The summed E-state index contributed by atoms with van der Waals surface area (Å²) >= 11 is 0. The molecule has 0 aromatic heterocycles. The number of ether oxygens (including phenoxy) is 3. The summed E-state index contributed by atoms with van der Waals surface area (Å²) in [5.41, 5.74) is 0.318. The molecule has 3 saturated carbocycles. The molecule has 0 unspecified atom stereocenters. The van der Waals surface area contributed by atoms with Gasteiger partial charge >= 0.3 is 5.97 Å². The Morgan fingerprint density at radius 1 is 1.09 bits per heavy atom. The van der Waals surface area contributed by atoms with Crippen LogP contribution in [-0.4, -0.2) is 36.4 Å². The average Bonchev–Trinajstić information content (AvgIpc) is 3.22. The minimum Gasteiger partial charge on any atom is -0.462 e. The normalized spacial score (nSPS) is 55.9. The average molecular weight is 471 g/mol. The van der Waals surface area contributed by atoms with E-state index in [0.29, 0.717) is 42.6 Å². The van der Waals surface area contributed by atoms with E-state index in [9.17, 15) is 9.59 Å². The summed E-state index contributed by atoms with van der Waals surface area (Å²) in [4.78, 5) is 25.3. The van der Waals surface area contributed by atoms with Crippen LogP contribution in [0, 0.1) is 52.3 Å². The van der Waals surface area contributed by atoms with Crippen LogP contribution in [0.5, 0.6) is 0 Å². The van der Waals surface area contributed by atoms with E-state index in [1.165, 1.54) is 12.8 Å². The van der Waals surface area contributed by atoms with Crippen LogP contribution in [0.3, 0.4) is 0 Å². The summed E-state index contributed by atoms with van der Waals surface area (Å²) in [5, 5.41) is 0. The summed E-state index contributed by atoms with van der Waals surface area (Å²) in [6.45, 7) is 11.4. The Morgan fingerprint density at radius 2 is 1.88 bits per heavy atom. The molecule has 5 nitrogen and oxygen atoms in total. The third-order valence-corrected chi connectivity index (χ3v) is 11.6. The second-order valence-corrected chi connectivity index (χ2v) is 13.2. The van der Waals surface area contributed by atoms with Crippen LogP contribution in [0.2, 0.25) is 0 Å². The molecule has 0 bridgehead atoms. The van der Waals surface area contributed by atoms with Gasteiger partial charge in [-0.15, -0.1) is 0 Å². The summed E-state index contributed by atoms with van der Waals surface area (Å²) < 4.78 is 18.9. The molecule has 0 amide bonds. The maximum absolute atomic E-state index is 13.2. The van der Waals surface area contributed by atoms with Crippen molar-refractivity contribution in [3.8, 4) is 0 Å². The Hall–Kier alpha value is -1.20. The Morgan fingerprint density at radius 3 is 2.62 bits per heavy atom. The molecule has 0 aromatic carbocycles. The van der Waals surface area contributed by atoms with Gasteiger partial charge in [0.1, 0.15) is 6.10 Å². The Balaban J connectivity index is 1.32. The smallest absolute Gasteiger partial charge is 0.302 e. The van der Waals surface area contributed by atoms with Gasteiger partial charge in [-0.3, -0.25) is 9.59 Å². The molecule has 5 heteroatoms. The fraction of sp³-hybridized carbons (Fsp3) is 0.862. The predicted octanol–water partition coefficient (Wildman–Crippen LogP) is 5.32. The highest BCUT2D eigenvalue weighted by Gasteiger charge is 2.71. The molecule has 2 aliphatic heterocycles. The Labute approximate surface area is 204 Å². The molecule has 12 atom stereocenters. The van der Waals surface area contributed by atoms with E-state index in [1.54, 1.807) is 6.92 Å². The van der Waals surface area contributed by atoms with Crippen LogP contribution in [0.1, 0.15) is 79.6 Å². The second-order valence-electron chi connectivity index (χ2n) is 13.2. The topological polar surface area (TPSA) is 61.8 Å². The van der Waals surface area contributed by atoms with Gasteiger partial charge in [0, 0.05) is 25.2 Å². The predicted molar refractivity (Wildman–Crippen MR) is 128 cm³/mol. The zero-order valence-electron chi connectivity index (χ0n) is 21.5. The van der Waals surface area contributed by atoms with E-state index in [0.717, 1.165) is 25.7 Å². The van der Waals surface area contributed by atoms with E-state index in [1.807, 2.05) is 0 Å². The van der Waals surface area contributed by atoms with Gasteiger partial charge in [-0.2, -0.15) is 0 Å². The van der Waals surface area contributed by atoms with E-state index < -0.39 is 5.79 Å². The van der Waals surface area contributed by atoms with Gasteiger partial charge in [-0.05, 0) is 78.9 Å². The number of carbonyl (C=O) groups is 2. The molecule has 4 aliphatic carbocycles. The first kappa shape index (κ1) is 23.2. The molecule has 2 saturated heterocycles. The van der Waals surface area contributed by atoms with Gasteiger partial charge in [0.2, 0.25) is 5.79 Å². The molecule has 2 heterocycles. The lowest BCUT2D eigenvalue weighted by Gasteiger charge is -2.61. The van der Waals surface area contributed by atoms with Crippen molar-refractivity contribution < 1.29 is 23.8 Å². The van der Waals surface area contributed by atoms with Crippen LogP contribution >= 0.6 is 0 Å². The SMILES string of the molecule is CC(=O)O[C@@H]1C[C@@H]2[C@H](CC[C@]3(C)[C@@H]4[C@H](C[C@@H]23)O[C@@]2(OC[C@@H](C)CC2=O)[C@H]4C)[C@@]2(C)CC=CC[C@H]12. The van der Waals surface area contributed by atoms with Gasteiger partial charge in [-0.25, -0.2) is 0 Å². The zero-order valence-corrected chi connectivity index (χ0v) is 21.5. The number of esters is 1. The van der Waals surface area contributed by atoms with Crippen LogP contribution in [0.25, 0.3) is 0 Å². The van der Waals surface area contributed by atoms with E-state index in [2.05, 4.69) is 39.8 Å². The van der Waals surface area contributed by atoms with Crippen molar-refractivity contribution in [3.05, 3.63) is 12.2 Å². The monoisotopic (exact) mass is 470 g/mol. The number of Topliss-reactive ketones (excluding diaryl/α,β-unsaturated/α-hetero) is 1. The van der Waals surface area contributed by atoms with Crippen molar-refractivity contribution in [2.75, 3.05) is 6.61 Å². The number of ketones is 1. The lowest BCUT2D eigenvalue weighted by atomic mass is 9.44. The van der Waals surface area contributed by atoms with Crippen molar-refractivity contribution in [1.29, 1.82) is 0 Å². The number of fused-ring (bicyclic) bond motifs is 7. The van der Waals surface area contributed by atoms with Gasteiger partial charge < -0.3 is 14.2 Å². The molecule has 0 N–H and O–H groups in total.